The molecule has 0 aliphatic rings. The van der Waals surface area contributed by atoms with Crippen molar-refractivity contribution in [2.24, 2.45) is 0 Å². The second-order valence-electron chi connectivity index (χ2n) is 4.05. The number of benzene rings is 2. The lowest BCUT2D eigenvalue weighted by Gasteiger charge is -2.12. The van der Waals surface area contributed by atoms with Gasteiger partial charge >= 0.3 is 0 Å². The molecule has 2 rings (SSSR count). The minimum absolute atomic E-state index is 0.277. The van der Waals surface area contributed by atoms with Crippen LogP contribution in [0.5, 0.6) is 5.75 Å². The lowest BCUT2D eigenvalue weighted by Crippen LogP contribution is -2.09. The second kappa shape index (κ2) is 5.56. The van der Waals surface area contributed by atoms with Gasteiger partial charge in [0.15, 0.2) is 6.29 Å². The Morgan fingerprint density at radius 1 is 1.22 bits per heavy atom. The van der Waals surface area contributed by atoms with Crippen molar-refractivity contribution in [3.8, 4) is 5.75 Å². The van der Waals surface area contributed by atoms with Crippen LogP contribution in [-0.4, -0.2) is 11.4 Å². The minimum Gasteiger partial charge on any atom is -0.508 e. The summed E-state index contributed by atoms with van der Waals surface area (Å²) in [7, 11) is 0. The summed E-state index contributed by atoms with van der Waals surface area (Å²) >= 11 is 0. The Balaban J connectivity index is 2.10. The van der Waals surface area contributed by atoms with Crippen molar-refractivity contribution in [1.82, 2.24) is 0 Å². The Kier molecular flexibility index (Phi) is 3.85. The first kappa shape index (κ1) is 12.5. The molecule has 3 nitrogen and oxygen atoms in total. The zero-order valence-electron chi connectivity index (χ0n) is 10.3. The van der Waals surface area contributed by atoms with E-state index in [0.717, 1.165) is 16.3 Å². The molecule has 0 aliphatic carbocycles. The molecule has 0 bridgehead atoms. The zero-order chi connectivity index (χ0) is 13.0. The molecular formula is C15H16O3. The van der Waals surface area contributed by atoms with E-state index in [1.807, 2.05) is 31.2 Å². The summed E-state index contributed by atoms with van der Waals surface area (Å²) in [5.41, 5.74) is 1.06. The molecule has 0 radical (unpaired) electrons. The van der Waals surface area contributed by atoms with Crippen molar-refractivity contribution in [3.63, 3.8) is 0 Å². The average molecular weight is 244 g/mol. The molecule has 94 valence electrons. The van der Waals surface area contributed by atoms with Crippen LogP contribution in [0.25, 0.3) is 10.8 Å². The SMILES string of the molecule is C=COC(C)OCc1ccc2cc(O)ccc2c1. The Morgan fingerprint density at radius 2 is 1.94 bits per heavy atom. The number of hydrogen-bond donors (Lipinski definition) is 1. The van der Waals surface area contributed by atoms with E-state index in [9.17, 15) is 5.11 Å². The van der Waals surface area contributed by atoms with Crippen molar-refractivity contribution >= 4 is 10.8 Å². The van der Waals surface area contributed by atoms with Crippen LogP contribution in [0.4, 0.5) is 0 Å². The van der Waals surface area contributed by atoms with Crippen LogP contribution in [0.1, 0.15) is 12.5 Å². The van der Waals surface area contributed by atoms with E-state index >= 15 is 0 Å². The van der Waals surface area contributed by atoms with Gasteiger partial charge in [-0.25, -0.2) is 0 Å². The fourth-order valence-corrected chi connectivity index (χ4v) is 1.76. The monoisotopic (exact) mass is 244 g/mol. The number of phenolic OH excluding ortho intramolecular Hbond substituents is 1. The second-order valence-corrected chi connectivity index (χ2v) is 4.05. The number of aromatic hydroxyl groups is 1. The highest BCUT2D eigenvalue weighted by molar-refractivity contribution is 5.84. The molecule has 18 heavy (non-hydrogen) atoms. The summed E-state index contributed by atoms with van der Waals surface area (Å²) in [6.45, 7) is 5.78. The number of ether oxygens (including phenoxy) is 2. The highest BCUT2D eigenvalue weighted by Gasteiger charge is 2.02. The normalized spacial score (nSPS) is 12.3. The van der Waals surface area contributed by atoms with Crippen LogP contribution >= 0.6 is 0 Å². The molecule has 0 heterocycles. The van der Waals surface area contributed by atoms with Crippen LogP contribution in [-0.2, 0) is 16.1 Å². The molecule has 1 unspecified atom stereocenters. The van der Waals surface area contributed by atoms with Gasteiger partial charge in [0.1, 0.15) is 5.75 Å². The van der Waals surface area contributed by atoms with E-state index in [4.69, 9.17) is 9.47 Å². The molecule has 0 fully saturated rings. The lowest BCUT2D eigenvalue weighted by atomic mass is 10.1. The van der Waals surface area contributed by atoms with Gasteiger partial charge in [-0.3, -0.25) is 0 Å². The maximum absolute atomic E-state index is 9.38. The van der Waals surface area contributed by atoms with Crippen LogP contribution in [0, 0.1) is 0 Å². The molecule has 0 spiro atoms. The highest BCUT2D eigenvalue weighted by atomic mass is 16.7. The van der Waals surface area contributed by atoms with Crippen molar-refractivity contribution < 1.29 is 14.6 Å². The topological polar surface area (TPSA) is 38.7 Å². The van der Waals surface area contributed by atoms with Crippen LogP contribution in [0.15, 0.2) is 49.2 Å². The Labute approximate surface area is 106 Å². The molecule has 2 aromatic carbocycles. The standard InChI is InChI=1S/C15H16O3/c1-3-17-11(2)18-10-12-4-5-14-9-15(16)7-6-13(14)8-12/h3-9,11,16H,1,10H2,2H3. The van der Waals surface area contributed by atoms with Gasteiger partial charge in [-0.2, -0.15) is 0 Å². The molecule has 3 heteroatoms. The van der Waals surface area contributed by atoms with Gasteiger partial charge < -0.3 is 14.6 Å². The molecule has 0 saturated carbocycles. The van der Waals surface area contributed by atoms with E-state index in [1.54, 1.807) is 12.1 Å². The van der Waals surface area contributed by atoms with E-state index in [0.29, 0.717) is 6.61 Å². The van der Waals surface area contributed by atoms with Crippen LogP contribution in [0.2, 0.25) is 0 Å². The summed E-state index contributed by atoms with van der Waals surface area (Å²) in [5.74, 6) is 0.277. The predicted octanol–water partition coefficient (Wildman–Crippen LogP) is 3.57. The Bertz CT molecular complexity index is 548. The van der Waals surface area contributed by atoms with Crippen molar-refractivity contribution in [2.45, 2.75) is 19.8 Å². The molecule has 1 N–H and O–H groups in total. The fourth-order valence-electron chi connectivity index (χ4n) is 1.76. The van der Waals surface area contributed by atoms with Gasteiger partial charge in [0.25, 0.3) is 0 Å². The summed E-state index contributed by atoms with van der Waals surface area (Å²) < 4.78 is 10.6. The number of rotatable bonds is 5. The average Bonchev–Trinajstić information content (AvgIpc) is 2.36. The third-order valence-electron chi connectivity index (χ3n) is 2.66. The van der Waals surface area contributed by atoms with Gasteiger partial charge in [-0.15, -0.1) is 0 Å². The molecule has 0 amide bonds. The van der Waals surface area contributed by atoms with Gasteiger partial charge in [0, 0.05) is 0 Å². The first-order valence-corrected chi connectivity index (χ1v) is 5.78. The van der Waals surface area contributed by atoms with Crippen molar-refractivity contribution in [1.29, 1.82) is 0 Å². The smallest absolute Gasteiger partial charge is 0.196 e. The highest BCUT2D eigenvalue weighted by Crippen LogP contribution is 2.21. The largest absolute Gasteiger partial charge is 0.508 e. The maximum atomic E-state index is 9.38. The zero-order valence-corrected chi connectivity index (χ0v) is 10.3. The van der Waals surface area contributed by atoms with Crippen molar-refractivity contribution in [3.05, 3.63) is 54.8 Å². The summed E-state index contributed by atoms with van der Waals surface area (Å²) in [6, 6.07) is 11.3. The van der Waals surface area contributed by atoms with Gasteiger partial charge in [-0.1, -0.05) is 24.8 Å². The van der Waals surface area contributed by atoms with Gasteiger partial charge in [0.2, 0.25) is 0 Å². The van der Waals surface area contributed by atoms with E-state index in [2.05, 4.69) is 6.58 Å². The van der Waals surface area contributed by atoms with Crippen LogP contribution in [0.3, 0.4) is 0 Å². The molecule has 0 aliphatic heterocycles. The van der Waals surface area contributed by atoms with Gasteiger partial charge in [-0.05, 0) is 41.5 Å². The quantitative estimate of drug-likeness (QED) is 0.645. The third kappa shape index (κ3) is 3.02. The summed E-state index contributed by atoms with van der Waals surface area (Å²) in [4.78, 5) is 0. The molecule has 2 aromatic rings. The van der Waals surface area contributed by atoms with Crippen LogP contribution < -0.4 is 0 Å². The summed E-state index contributed by atoms with van der Waals surface area (Å²) in [5, 5.41) is 11.5. The predicted molar refractivity (Wildman–Crippen MR) is 71.1 cm³/mol. The van der Waals surface area contributed by atoms with E-state index < -0.39 is 0 Å². The maximum Gasteiger partial charge on any atom is 0.196 e. The van der Waals surface area contributed by atoms with Crippen molar-refractivity contribution in [2.75, 3.05) is 0 Å². The van der Waals surface area contributed by atoms with E-state index in [1.165, 1.54) is 6.26 Å². The lowest BCUT2D eigenvalue weighted by molar-refractivity contribution is -0.101. The first-order chi connectivity index (χ1) is 8.69. The number of phenols is 1. The summed E-state index contributed by atoms with van der Waals surface area (Å²) in [6.07, 6.45) is 1.06. The number of hydrogen-bond acceptors (Lipinski definition) is 3. The molecule has 1 atom stereocenters. The Hall–Kier alpha value is -2.00. The molecule has 0 saturated heterocycles. The number of fused-ring (bicyclic) bond motifs is 1. The minimum atomic E-state index is -0.307. The van der Waals surface area contributed by atoms with E-state index in [-0.39, 0.29) is 12.0 Å². The fraction of sp³-hybridized carbons (Fsp3) is 0.200. The Morgan fingerprint density at radius 3 is 2.72 bits per heavy atom. The van der Waals surface area contributed by atoms with Gasteiger partial charge in [0.05, 0.1) is 12.9 Å². The third-order valence-corrected chi connectivity index (χ3v) is 2.66. The molecular weight excluding hydrogens is 228 g/mol. The first-order valence-electron chi connectivity index (χ1n) is 5.78. The molecule has 0 aromatic heterocycles.